The molecule has 0 spiro atoms. The van der Waals surface area contributed by atoms with E-state index in [-0.39, 0.29) is 11.1 Å². The Bertz CT molecular complexity index is 848. The molecule has 3 unspecified atom stereocenters. The van der Waals surface area contributed by atoms with Gasteiger partial charge in [0.25, 0.3) is 8.32 Å². The molecule has 8 heteroatoms. The smallest absolute Gasteiger partial charge is 0.261 e. The Morgan fingerprint density at radius 1 is 1.13 bits per heavy atom. The maximum absolute atomic E-state index is 10.6. The molecule has 0 radical (unpaired) electrons. The highest BCUT2D eigenvalue weighted by Crippen LogP contribution is 2.37. The molecule has 1 saturated heterocycles. The molecular formula is C23H31N3O3SSi. The minimum atomic E-state index is -2.67. The maximum Gasteiger partial charge on any atom is 0.261 e. The van der Waals surface area contributed by atoms with Gasteiger partial charge in [-0.25, -0.2) is 0 Å². The normalized spacial score (nSPS) is 24.4. The van der Waals surface area contributed by atoms with E-state index in [1.165, 1.54) is 22.1 Å². The molecule has 4 atom stereocenters. The van der Waals surface area contributed by atoms with Crippen LogP contribution in [0.4, 0.5) is 0 Å². The summed E-state index contributed by atoms with van der Waals surface area (Å²) in [5, 5.41) is 16.6. The number of hydrogen-bond donors (Lipinski definition) is 1. The minimum absolute atomic E-state index is 0.129. The molecule has 3 rings (SSSR count). The molecule has 166 valence electrons. The summed E-state index contributed by atoms with van der Waals surface area (Å²) >= 11 is 1.44. The van der Waals surface area contributed by atoms with Crippen LogP contribution in [0.1, 0.15) is 27.2 Å². The van der Waals surface area contributed by atoms with Crippen molar-refractivity contribution >= 4 is 30.5 Å². The largest absolute Gasteiger partial charge is 0.405 e. The van der Waals surface area contributed by atoms with Gasteiger partial charge in [-0.05, 0) is 27.2 Å². The van der Waals surface area contributed by atoms with Crippen molar-refractivity contribution in [2.45, 2.75) is 55.9 Å². The second kappa shape index (κ2) is 10.2. The highest BCUT2D eigenvalue weighted by atomic mass is 32.2. The molecule has 1 aliphatic rings. The van der Waals surface area contributed by atoms with Crippen molar-refractivity contribution in [3.05, 3.63) is 71.1 Å². The monoisotopic (exact) mass is 457 g/mol. The molecule has 1 fully saturated rings. The van der Waals surface area contributed by atoms with Crippen LogP contribution in [-0.4, -0.2) is 50.0 Å². The van der Waals surface area contributed by atoms with Crippen LogP contribution in [0.25, 0.3) is 10.4 Å². The van der Waals surface area contributed by atoms with Gasteiger partial charge in [-0.3, -0.25) is 0 Å². The third-order valence-electron chi connectivity index (χ3n) is 5.82. The lowest BCUT2D eigenvalue weighted by Crippen LogP contribution is -2.67. The lowest BCUT2D eigenvalue weighted by molar-refractivity contribution is -0.0870. The van der Waals surface area contributed by atoms with Crippen LogP contribution in [0, 0.1) is 0 Å². The van der Waals surface area contributed by atoms with E-state index in [0.29, 0.717) is 13.0 Å². The topological polar surface area (TPSA) is 87.5 Å². The Hall–Kier alpha value is -1.80. The van der Waals surface area contributed by atoms with Crippen molar-refractivity contribution in [3.8, 4) is 0 Å². The van der Waals surface area contributed by atoms with E-state index >= 15 is 0 Å². The molecule has 0 bridgehead atoms. The molecule has 1 heterocycles. The maximum atomic E-state index is 10.6. The average Bonchev–Trinajstić information content (AvgIpc) is 2.76. The predicted octanol–water partition coefficient (Wildman–Crippen LogP) is 4.08. The summed E-state index contributed by atoms with van der Waals surface area (Å²) in [6.45, 7) is 7.07. The average molecular weight is 458 g/mol. The summed E-state index contributed by atoms with van der Waals surface area (Å²) in [6, 6.07) is 20.3. The fourth-order valence-corrected chi connectivity index (χ4v) is 9.76. The van der Waals surface area contributed by atoms with Gasteiger partial charge in [0.1, 0.15) is 5.44 Å². The fourth-order valence-electron chi connectivity index (χ4n) is 4.39. The van der Waals surface area contributed by atoms with Crippen molar-refractivity contribution in [1.82, 2.24) is 0 Å². The number of ether oxygens (including phenoxy) is 1. The van der Waals surface area contributed by atoms with Gasteiger partial charge in [0.15, 0.2) is 0 Å². The van der Waals surface area contributed by atoms with Gasteiger partial charge in [-0.2, -0.15) is 0 Å². The van der Waals surface area contributed by atoms with Crippen LogP contribution in [0.5, 0.6) is 0 Å². The van der Waals surface area contributed by atoms with Gasteiger partial charge in [0.2, 0.25) is 0 Å². The van der Waals surface area contributed by atoms with Crippen LogP contribution < -0.4 is 10.4 Å². The van der Waals surface area contributed by atoms with Crippen LogP contribution in [0.15, 0.2) is 65.8 Å². The first-order valence-corrected chi connectivity index (χ1v) is 13.7. The van der Waals surface area contributed by atoms with Gasteiger partial charge in [0.05, 0.1) is 24.9 Å². The molecule has 6 nitrogen and oxygen atoms in total. The van der Waals surface area contributed by atoms with Crippen molar-refractivity contribution in [2.24, 2.45) is 5.11 Å². The highest BCUT2D eigenvalue weighted by Gasteiger charge is 2.51. The fraction of sp³-hybridized carbons (Fsp3) is 0.478. The first-order valence-electron chi connectivity index (χ1n) is 10.5. The van der Waals surface area contributed by atoms with Crippen LogP contribution in [-0.2, 0) is 9.16 Å². The molecule has 0 aliphatic carbocycles. The molecule has 2 aromatic carbocycles. The molecule has 1 aliphatic heterocycles. The zero-order chi connectivity index (χ0) is 22.5. The number of rotatable bonds is 7. The molecule has 1 N–H and O–H groups in total. The highest BCUT2D eigenvalue weighted by molar-refractivity contribution is 7.99. The Labute approximate surface area is 189 Å². The molecule has 0 saturated carbocycles. The quantitative estimate of drug-likeness (QED) is 0.294. The Kier molecular flexibility index (Phi) is 7.86. The third kappa shape index (κ3) is 5.00. The number of azide groups is 1. The van der Waals surface area contributed by atoms with Crippen LogP contribution in [0.3, 0.4) is 0 Å². The summed E-state index contributed by atoms with van der Waals surface area (Å²) in [5.41, 5.74) is 8.43. The van der Waals surface area contributed by atoms with Gasteiger partial charge >= 0.3 is 0 Å². The molecule has 31 heavy (non-hydrogen) atoms. The number of aliphatic hydroxyl groups excluding tert-OH is 1. The number of hydrogen-bond acceptors (Lipinski definition) is 5. The van der Waals surface area contributed by atoms with Gasteiger partial charge in [-0.1, -0.05) is 86.5 Å². The first kappa shape index (κ1) is 23.9. The van der Waals surface area contributed by atoms with Crippen molar-refractivity contribution in [3.63, 3.8) is 0 Å². The van der Waals surface area contributed by atoms with E-state index < -0.39 is 25.9 Å². The third-order valence-corrected chi connectivity index (χ3v) is 11.7. The molecule has 2 aromatic rings. The summed E-state index contributed by atoms with van der Waals surface area (Å²) in [4.78, 5) is 2.88. The summed E-state index contributed by atoms with van der Waals surface area (Å²) < 4.78 is 13.1. The van der Waals surface area contributed by atoms with E-state index in [9.17, 15) is 5.11 Å². The van der Waals surface area contributed by atoms with Crippen LogP contribution >= 0.6 is 11.8 Å². The summed E-state index contributed by atoms with van der Waals surface area (Å²) in [5.74, 6) is 0. The van der Waals surface area contributed by atoms with Gasteiger partial charge < -0.3 is 14.3 Å². The van der Waals surface area contributed by atoms with Crippen molar-refractivity contribution < 1.29 is 14.3 Å². The predicted molar refractivity (Wildman–Crippen MR) is 129 cm³/mol. The standard InChI is InChI=1S/C23H31N3O3SSi/c1-23(2,3)31(18-11-7-5-8-12-18,19-13-9-6-10-14-19)28-16-17-15-20(27)21(25-26-24)22(29-17)30-4/h5-14,17,20-22,27H,15-16H2,1-4H3/t17?,20?,21?,22-/m0/s1. The molecular weight excluding hydrogens is 426 g/mol. The molecule has 0 amide bonds. The summed E-state index contributed by atoms with van der Waals surface area (Å²) in [6.07, 6.45) is 1.23. The van der Waals surface area contributed by atoms with Crippen molar-refractivity contribution in [2.75, 3.05) is 12.9 Å². The van der Waals surface area contributed by atoms with Gasteiger partial charge in [-0.15, -0.1) is 11.8 Å². The lowest BCUT2D eigenvalue weighted by atomic mass is 10.0. The van der Waals surface area contributed by atoms with E-state index in [1.807, 2.05) is 18.4 Å². The number of benzene rings is 2. The lowest BCUT2D eigenvalue weighted by Gasteiger charge is -2.45. The Balaban J connectivity index is 1.94. The zero-order valence-corrected chi connectivity index (χ0v) is 20.3. The Morgan fingerprint density at radius 2 is 1.68 bits per heavy atom. The second-order valence-electron chi connectivity index (χ2n) is 8.83. The molecule has 0 aromatic heterocycles. The Morgan fingerprint density at radius 3 is 2.13 bits per heavy atom. The minimum Gasteiger partial charge on any atom is -0.405 e. The number of aliphatic hydroxyl groups is 1. The SMILES string of the molecule is CS[C@@H]1OC(CO[Si](c2ccccc2)(c2ccccc2)C(C)(C)C)CC(O)C1N=[N+]=[N-]. The van der Waals surface area contributed by atoms with E-state index in [0.717, 1.165) is 0 Å². The number of thioether (sulfide) groups is 1. The van der Waals surface area contributed by atoms with E-state index in [1.54, 1.807) is 0 Å². The van der Waals surface area contributed by atoms with E-state index in [2.05, 4.69) is 79.3 Å². The summed E-state index contributed by atoms with van der Waals surface area (Å²) in [7, 11) is -2.67. The zero-order valence-electron chi connectivity index (χ0n) is 18.5. The number of nitrogens with zero attached hydrogens (tertiary/aromatic N) is 3. The van der Waals surface area contributed by atoms with Gasteiger partial charge in [0, 0.05) is 11.3 Å². The first-order chi connectivity index (χ1) is 14.8. The second-order valence-corrected chi connectivity index (χ2v) is 14.1. The van der Waals surface area contributed by atoms with E-state index in [4.69, 9.17) is 14.7 Å². The van der Waals surface area contributed by atoms with Crippen molar-refractivity contribution in [1.29, 1.82) is 0 Å². The van der Waals surface area contributed by atoms with Crippen LogP contribution in [0.2, 0.25) is 5.04 Å².